The Balaban J connectivity index is 1.62. The summed E-state index contributed by atoms with van der Waals surface area (Å²) < 4.78 is 40.1. The summed E-state index contributed by atoms with van der Waals surface area (Å²) in [5.41, 5.74) is 0.409. The van der Waals surface area contributed by atoms with Crippen LogP contribution >= 0.6 is 23.4 Å². The molecule has 2 amide bonds. The molecule has 40 heavy (non-hydrogen) atoms. The molecule has 212 valence electrons. The Morgan fingerprint density at radius 1 is 1.27 bits per heavy atom. The minimum absolute atomic E-state index is 0.0701. The normalized spacial score (nSPS) is 16.9. The van der Waals surface area contributed by atoms with Gasteiger partial charge >= 0.3 is 0 Å². The van der Waals surface area contributed by atoms with Gasteiger partial charge in [-0.15, -0.1) is 0 Å². The highest BCUT2D eigenvalue weighted by atomic mass is 35.5. The number of fused-ring (bicyclic) bond motifs is 1. The lowest BCUT2D eigenvalue weighted by atomic mass is 9.98. The Kier molecular flexibility index (Phi) is 9.64. The van der Waals surface area contributed by atoms with E-state index in [0.29, 0.717) is 41.9 Å². The Bertz CT molecular complexity index is 1430. The molecule has 0 saturated carbocycles. The molecule has 2 N–H and O–H groups in total. The van der Waals surface area contributed by atoms with Gasteiger partial charge < -0.3 is 25.0 Å². The van der Waals surface area contributed by atoms with Crippen molar-refractivity contribution in [1.29, 1.82) is 0 Å². The van der Waals surface area contributed by atoms with E-state index in [9.17, 15) is 18.4 Å². The number of benzene rings is 2. The van der Waals surface area contributed by atoms with Crippen LogP contribution in [0.3, 0.4) is 0 Å². The molecule has 1 aliphatic heterocycles. The van der Waals surface area contributed by atoms with Crippen molar-refractivity contribution >= 4 is 57.6 Å². The summed E-state index contributed by atoms with van der Waals surface area (Å²) in [4.78, 5) is 35.4. The third-order valence-electron chi connectivity index (χ3n) is 6.42. The van der Waals surface area contributed by atoms with Crippen molar-refractivity contribution in [3.8, 4) is 11.5 Å². The van der Waals surface area contributed by atoms with Crippen LogP contribution in [-0.4, -0.2) is 71.0 Å². The van der Waals surface area contributed by atoms with Crippen LogP contribution in [0.4, 0.5) is 20.3 Å². The maximum Gasteiger partial charge on any atom is 0.246 e. The monoisotopic (exact) mass is 591 g/mol. The number of ether oxygens (including phenoxy) is 2. The van der Waals surface area contributed by atoms with E-state index < -0.39 is 28.8 Å². The first-order valence-corrected chi connectivity index (χ1v) is 14.1. The van der Waals surface area contributed by atoms with E-state index in [1.165, 1.54) is 30.5 Å². The number of hydrogen-bond donors (Lipinski definition) is 2. The van der Waals surface area contributed by atoms with Crippen LogP contribution in [0.1, 0.15) is 12.8 Å². The molecule has 0 spiro atoms. The molecule has 1 aromatic heterocycles. The number of carbonyl (C=O) groups excluding carboxylic acids is 2. The first-order chi connectivity index (χ1) is 19.3. The zero-order chi connectivity index (χ0) is 28.8. The summed E-state index contributed by atoms with van der Waals surface area (Å²) in [5, 5.41) is 5.56. The van der Waals surface area contributed by atoms with Gasteiger partial charge in [0.2, 0.25) is 11.8 Å². The molecule has 4 rings (SSSR count). The summed E-state index contributed by atoms with van der Waals surface area (Å²) in [6, 6.07) is 4.83. The van der Waals surface area contributed by atoms with Crippen molar-refractivity contribution in [3.05, 3.63) is 59.9 Å². The first kappa shape index (κ1) is 29.3. The number of carbonyl (C=O) groups is 2. The highest BCUT2D eigenvalue weighted by molar-refractivity contribution is 7.98. The van der Waals surface area contributed by atoms with E-state index in [1.54, 1.807) is 23.9 Å². The first-order valence-electron chi connectivity index (χ1n) is 12.4. The van der Waals surface area contributed by atoms with Gasteiger partial charge in [0.25, 0.3) is 0 Å². The van der Waals surface area contributed by atoms with Crippen LogP contribution in [0.2, 0.25) is 5.02 Å². The Hall–Kier alpha value is -3.64. The second-order valence-corrected chi connectivity index (χ2v) is 10.3. The van der Waals surface area contributed by atoms with Gasteiger partial charge in [-0.1, -0.05) is 18.2 Å². The van der Waals surface area contributed by atoms with Gasteiger partial charge in [-0.2, -0.15) is 11.8 Å². The van der Waals surface area contributed by atoms with E-state index >= 15 is 0 Å². The fourth-order valence-electron chi connectivity index (χ4n) is 4.41. The number of thioether (sulfide) groups is 1. The summed E-state index contributed by atoms with van der Waals surface area (Å²) in [5.74, 6) is -0.712. The van der Waals surface area contributed by atoms with Crippen LogP contribution in [0.5, 0.6) is 11.5 Å². The average Bonchev–Trinajstić information content (AvgIpc) is 2.97. The van der Waals surface area contributed by atoms with Crippen molar-refractivity contribution < 1.29 is 27.8 Å². The molecule has 0 bridgehead atoms. The van der Waals surface area contributed by atoms with Gasteiger partial charge in [-0.25, -0.2) is 18.7 Å². The van der Waals surface area contributed by atoms with Crippen molar-refractivity contribution in [2.75, 3.05) is 37.5 Å². The zero-order valence-corrected chi connectivity index (χ0v) is 23.5. The topological polar surface area (TPSA) is 106 Å². The van der Waals surface area contributed by atoms with E-state index in [-0.39, 0.29) is 29.7 Å². The van der Waals surface area contributed by atoms with Crippen LogP contribution in [0.15, 0.2) is 43.2 Å². The maximum atomic E-state index is 14.6. The largest absolute Gasteiger partial charge is 0.493 e. The number of methoxy groups -OCH3 is 1. The van der Waals surface area contributed by atoms with Gasteiger partial charge in [-0.05, 0) is 30.5 Å². The number of nitrogens with one attached hydrogen (secondary N) is 2. The number of amides is 2. The minimum Gasteiger partial charge on any atom is -0.493 e. The third-order valence-corrected chi connectivity index (χ3v) is 7.38. The van der Waals surface area contributed by atoms with Gasteiger partial charge in [0.15, 0.2) is 17.3 Å². The number of piperidine rings is 1. The van der Waals surface area contributed by atoms with Gasteiger partial charge in [0, 0.05) is 43.1 Å². The van der Waals surface area contributed by atoms with E-state index in [1.807, 2.05) is 6.26 Å². The lowest BCUT2D eigenvalue weighted by Gasteiger charge is -2.38. The highest BCUT2D eigenvalue weighted by Gasteiger charge is 2.36. The minimum atomic E-state index is -0.957. The molecule has 13 heteroatoms. The maximum absolute atomic E-state index is 14.6. The Morgan fingerprint density at radius 2 is 2.08 bits per heavy atom. The van der Waals surface area contributed by atoms with Crippen molar-refractivity contribution in [2.45, 2.75) is 25.0 Å². The number of hydrogen-bond acceptors (Lipinski definition) is 8. The van der Waals surface area contributed by atoms with Crippen molar-refractivity contribution in [3.63, 3.8) is 0 Å². The van der Waals surface area contributed by atoms with Crippen LogP contribution in [-0.2, 0) is 9.59 Å². The van der Waals surface area contributed by atoms with Crippen LogP contribution in [0.25, 0.3) is 10.9 Å². The lowest BCUT2D eigenvalue weighted by Crippen LogP contribution is -2.55. The molecule has 1 fully saturated rings. The molecule has 0 aliphatic carbocycles. The van der Waals surface area contributed by atoms with Gasteiger partial charge in [0.05, 0.1) is 18.3 Å². The molecule has 2 atom stereocenters. The van der Waals surface area contributed by atoms with Gasteiger partial charge in [0.1, 0.15) is 35.1 Å². The van der Waals surface area contributed by atoms with Crippen LogP contribution in [0, 0.1) is 11.6 Å². The van der Waals surface area contributed by atoms with Crippen molar-refractivity contribution in [1.82, 2.24) is 20.2 Å². The molecular formula is C27H28ClF2N5O4S. The molecule has 2 heterocycles. The smallest absolute Gasteiger partial charge is 0.246 e. The molecule has 9 nitrogen and oxygen atoms in total. The number of halogens is 3. The fourth-order valence-corrected chi connectivity index (χ4v) is 4.88. The van der Waals surface area contributed by atoms with E-state index in [4.69, 9.17) is 21.1 Å². The molecule has 3 aromatic rings. The second-order valence-electron chi connectivity index (χ2n) is 8.89. The number of aromatic nitrogens is 2. The summed E-state index contributed by atoms with van der Waals surface area (Å²) in [6.45, 7) is 4.33. The number of nitrogens with zero attached hydrogens (tertiary/aromatic N) is 3. The predicted octanol–water partition coefficient (Wildman–Crippen LogP) is 4.72. The molecule has 1 saturated heterocycles. The van der Waals surface area contributed by atoms with Crippen molar-refractivity contribution in [2.24, 2.45) is 0 Å². The third kappa shape index (κ3) is 6.39. The highest BCUT2D eigenvalue weighted by Crippen LogP contribution is 2.37. The Morgan fingerprint density at radius 3 is 2.80 bits per heavy atom. The Labute approximate surface area is 239 Å². The number of anilines is 2. The average molecular weight is 592 g/mol. The molecular weight excluding hydrogens is 564 g/mol. The second kappa shape index (κ2) is 13.1. The van der Waals surface area contributed by atoms with Gasteiger partial charge in [-0.3, -0.25) is 9.59 Å². The summed E-state index contributed by atoms with van der Waals surface area (Å²) in [7, 11) is 1.48. The summed E-state index contributed by atoms with van der Waals surface area (Å²) >= 11 is 7.33. The number of rotatable bonds is 10. The molecule has 2 aromatic carbocycles. The van der Waals surface area contributed by atoms with E-state index in [2.05, 4.69) is 27.2 Å². The quantitative estimate of drug-likeness (QED) is 0.198. The fraction of sp³-hybridized carbons (Fsp3) is 0.333. The summed E-state index contributed by atoms with van der Waals surface area (Å²) in [6.07, 6.45) is 4.72. The predicted molar refractivity (Wildman–Crippen MR) is 151 cm³/mol. The lowest BCUT2D eigenvalue weighted by molar-refractivity contribution is -0.140. The number of likely N-dealkylation sites (tertiary alicyclic amines) is 1. The van der Waals surface area contributed by atoms with Crippen LogP contribution < -0.4 is 20.1 Å². The SMILES string of the molecule is C=CC(=O)N1CCC(Oc2cc3c(Nc4ccc(F)c(Cl)c4F)ncnc3cc2OC)CC1C(=O)NCCSC. The zero-order valence-electron chi connectivity index (χ0n) is 21.9. The van der Waals surface area contributed by atoms with E-state index in [0.717, 1.165) is 11.8 Å². The molecule has 0 radical (unpaired) electrons. The molecule has 2 unspecified atom stereocenters. The standard InChI is InChI=1S/C27H28ClF2N5O4S/c1-4-23(36)35-9-7-15(11-20(35)27(37)31-8-10-40-3)39-22-12-16-19(13-21(22)38-2)32-14-33-26(16)34-18-6-5-17(29)24(28)25(18)30/h4-6,12-15,20H,1,7-11H2,2-3H3,(H,31,37)(H,32,33,34). The molecule has 1 aliphatic rings.